The SMILES string of the molecule is O=S(=O)([O-])[O-].O=[N+]([O-])[O-].O=[N+]([O-])[O-].[Ca+2].[Sr+2]. The molecule has 0 aliphatic rings. The van der Waals surface area contributed by atoms with Gasteiger partial charge in [-0.25, -0.2) is 0 Å². The average molecular weight is 348 g/mol. The molecule has 0 rings (SSSR count). The van der Waals surface area contributed by atoms with Crippen molar-refractivity contribution in [3.8, 4) is 0 Å². The minimum Gasteiger partial charge on any atom is -0.759 e. The van der Waals surface area contributed by atoms with E-state index in [4.69, 9.17) is 48.2 Å². The second-order valence-corrected chi connectivity index (χ2v) is 1.67. The van der Waals surface area contributed by atoms with E-state index in [1.165, 1.54) is 0 Å². The molecular formula is CaN2O10SSr. The Labute approximate surface area is 149 Å². The third-order valence-corrected chi connectivity index (χ3v) is 0. The fraction of sp³-hybridized carbons (Fsp3) is 0. The molecule has 15 heavy (non-hydrogen) atoms. The first kappa shape index (κ1) is 29.8. The summed E-state index contributed by atoms with van der Waals surface area (Å²) in [5, 5.41) is 29.5. The second-order valence-electron chi connectivity index (χ2n) is 0.855. The van der Waals surface area contributed by atoms with Crippen LogP contribution >= 0.6 is 0 Å². The Bertz CT molecular complexity index is 218. The van der Waals surface area contributed by atoms with Gasteiger partial charge in [0, 0.05) is 10.4 Å². The van der Waals surface area contributed by atoms with E-state index in [1.54, 1.807) is 0 Å². The van der Waals surface area contributed by atoms with Gasteiger partial charge in [0.2, 0.25) is 0 Å². The van der Waals surface area contributed by atoms with Crippen LogP contribution in [0.15, 0.2) is 0 Å². The van der Waals surface area contributed by atoms with E-state index in [0.29, 0.717) is 0 Å². The molecule has 0 saturated carbocycles. The Balaban J connectivity index is -0.0000000315. The molecule has 0 atom stereocenters. The maximum absolute atomic E-state index is 8.52. The summed E-state index contributed by atoms with van der Waals surface area (Å²) >= 11 is 0. The fourth-order valence-corrected chi connectivity index (χ4v) is 0. The van der Waals surface area contributed by atoms with Crippen molar-refractivity contribution in [2.45, 2.75) is 0 Å². The first-order chi connectivity index (χ1) is 5.46. The van der Waals surface area contributed by atoms with Crippen molar-refractivity contribution >= 4 is 93.6 Å². The topological polar surface area (TPSA) is 213 Å². The van der Waals surface area contributed by atoms with Crippen LogP contribution in [0, 0.1) is 30.6 Å². The summed E-state index contributed by atoms with van der Waals surface area (Å²) in [6.07, 6.45) is 0. The summed E-state index contributed by atoms with van der Waals surface area (Å²) in [5.41, 5.74) is 0. The number of hydrogen-bond acceptors (Lipinski definition) is 10. The molecular weight excluding hydrogens is 348 g/mol. The van der Waals surface area contributed by atoms with Gasteiger partial charge in [-0.3, -0.25) is 8.42 Å². The van der Waals surface area contributed by atoms with Crippen LogP contribution in [-0.2, 0) is 10.4 Å². The van der Waals surface area contributed by atoms with Gasteiger partial charge >= 0.3 is 83.2 Å². The van der Waals surface area contributed by atoms with Gasteiger partial charge in [0.1, 0.15) is 0 Å². The summed E-state index contributed by atoms with van der Waals surface area (Å²) in [6, 6.07) is 0. The molecule has 0 aliphatic heterocycles. The minimum atomic E-state index is -5.17. The Kier molecular flexibility index (Phi) is 34.5. The van der Waals surface area contributed by atoms with Gasteiger partial charge in [-0.2, -0.15) is 0 Å². The minimum absolute atomic E-state index is 0. The van der Waals surface area contributed by atoms with Gasteiger partial charge in [0.15, 0.2) is 0 Å². The molecule has 0 aliphatic carbocycles. The monoisotopic (exact) mass is 348 g/mol. The average Bonchev–Trinajstić information content (AvgIpc) is 1.50. The Morgan fingerprint density at radius 3 is 0.800 bits per heavy atom. The third-order valence-electron chi connectivity index (χ3n) is 0. The summed E-state index contributed by atoms with van der Waals surface area (Å²) in [5.74, 6) is 0. The standard InChI is InChI=1S/Ca.2NO3.H2O4S.Sr/c;2*2-1(3)4;1-5(2,3)4;/h;;;(H2,1,2,3,4);/q+2;2*-1;;+2/p-2. The van der Waals surface area contributed by atoms with Gasteiger partial charge in [0.05, 0.1) is 10.2 Å². The molecule has 0 saturated heterocycles. The van der Waals surface area contributed by atoms with E-state index in [9.17, 15) is 0 Å². The second kappa shape index (κ2) is 17.4. The molecule has 15 heteroatoms. The summed E-state index contributed by atoms with van der Waals surface area (Å²) < 4.78 is 34.1. The number of rotatable bonds is 0. The molecule has 0 aromatic heterocycles. The zero-order valence-electron chi connectivity index (χ0n) is 6.80. The third kappa shape index (κ3) is 2490. The summed E-state index contributed by atoms with van der Waals surface area (Å²) in [6.45, 7) is 0. The normalized spacial score (nSPS) is 7.07. The first-order valence-corrected chi connectivity index (χ1v) is 3.10. The van der Waals surface area contributed by atoms with E-state index in [2.05, 4.69) is 0 Å². The molecule has 0 unspecified atom stereocenters. The van der Waals surface area contributed by atoms with E-state index in [0.717, 1.165) is 0 Å². The van der Waals surface area contributed by atoms with Gasteiger partial charge in [0.25, 0.3) is 0 Å². The number of nitrogens with zero attached hydrogens (tertiary/aromatic N) is 2. The van der Waals surface area contributed by atoms with Crippen LogP contribution in [0.3, 0.4) is 0 Å². The van der Waals surface area contributed by atoms with Crippen molar-refractivity contribution in [2.75, 3.05) is 0 Å². The van der Waals surface area contributed by atoms with E-state index in [-0.39, 0.29) is 83.2 Å². The Morgan fingerprint density at radius 1 is 0.800 bits per heavy atom. The van der Waals surface area contributed by atoms with Crippen molar-refractivity contribution in [3.05, 3.63) is 30.6 Å². The predicted molar refractivity (Wildman–Crippen MR) is 42.7 cm³/mol. The van der Waals surface area contributed by atoms with E-state index in [1.807, 2.05) is 0 Å². The largest absolute Gasteiger partial charge is 2.00 e. The van der Waals surface area contributed by atoms with Crippen LogP contribution in [0.4, 0.5) is 0 Å². The van der Waals surface area contributed by atoms with Crippen molar-refractivity contribution in [2.24, 2.45) is 0 Å². The van der Waals surface area contributed by atoms with Crippen molar-refractivity contribution in [1.82, 2.24) is 0 Å². The smallest absolute Gasteiger partial charge is 0.759 e. The predicted octanol–water partition coefficient (Wildman–Crippen LogP) is -2.58. The molecule has 12 nitrogen and oxygen atoms in total. The van der Waals surface area contributed by atoms with Crippen LogP contribution in [-0.4, -0.2) is 111 Å². The van der Waals surface area contributed by atoms with Crippen LogP contribution in [0.5, 0.6) is 0 Å². The van der Waals surface area contributed by atoms with Gasteiger partial charge in [-0.05, 0) is 0 Å². The molecule has 0 bridgehead atoms. The van der Waals surface area contributed by atoms with Crippen molar-refractivity contribution < 1.29 is 27.7 Å². The van der Waals surface area contributed by atoms with Crippen molar-refractivity contribution in [1.29, 1.82) is 0 Å². The summed E-state index contributed by atoms with van der Waals surface area (Å²) in [4.78, 5) is 16.5. The quantitative estimate of drug-likeness (QED) is 0.146. The van der Waals surface area contributed by atoms with Crippen LogP contribution in [0.1, 0.15) is 0 Å². The van der Waals surface area contributed by atoms with E-state index >= 15 is 0 Å². The van der Waals surface area contributed by atoms with E-state index < -0.39 is 20.6 Å². The van der Waals surface area contributed by atoms with Gasteiger partial charge in [-0.1, -0.05) is 0 Å². The molecule has 0 N–H and O–H groups in total. The molecule has 0 fully saturated rings. The molecule has 0 aromatic carbocycles. The Hall–Kier alpha value is 1.01. The van der Waals surface area contributed by atoms with Crippen molar-refractivity contribution in [3.63, 3.8) is 0 Å². The number of hydrogen-bond donors (Lipinski definition) is 0. The molecule has 0 heterocycles. The zero-order valence-corrected chi connectivity index (χ0v) is 13.3. The molecule has 80 valence electrons. The molecule has 0 spiro atoms. The summed E-state index contributed by atoms with van der Waals surface area (Å²) in [7, 11) is -5.17. The maximum atomic E-state index is 8.52. The fourth-order valence-electron chi connectivity index (χ4n) is 0. The first-order valence-electron chi connectivity index (χ1n) is 1.76. The Morgan fingerprint density at radius 2 is 0.800 bits per heavy atom. The van der Waals surface area contributed by atoms with Gasteiger partial charge in [-0.15, -0.1) is 0 Å². The van der Waals surface area contributed by atoms with Gasteiger partial charge < -0.3 is 39.7 Å². The molecule has 0 radical (unpaired) electrons. The van der Waals surface area contributed by atoms with Crippen LogP contribution in [0.25, 0.3) is 0 Å². The molecule has 0 amide bonds. The molecule has 0 aromatic rings. The maximum Gasteiger partial charge on any atom is 2.00 e. The zero-order chi connectivity index (χ0) is 11.7. The van der Waals surface area contributed by atoms with Crippen LogP contribution < -0.4 is 0 Å². The van der Waals surface area contributed by atoms with Crippen LogP contribution in [0.2, 0.25) is 0 Å².